The van der Waals surface area contributed by atoms with Gasteiger partial charge in [0.05, 0.1) is 7.11 Å². The quantitative estimate of drug-likeness (QED) is 0.841. The molecule has 0 bridgehead atoms. The van der Waals surface area contributed by atoms with Crippen molar-refractivity contribution < 1.29 is 4.74 Å². The third-order valence-electron chi connectivity index (χ3n) is 3.22. The van der Waals surface area contributed by atoms with Crippen LogP contribution < -0.4 is 10.1 Å². The molecule has 1 aliphatic carbocycles. The largest absolute Gasteiger partial charge is 0.480 e. The lowest BCUT2D eigenvalue weighted by atomic mass is 9.99. The summed E-state index contributed by atoms with van der Waals surface area (Å²) in [5.74, 6) is 1.13. The first-order valence-electron chi connectivity index (χ1n) is 5.95. The van der Waals surface area contributed by atoms with Crippen LogP contribution in [-0.4, -0.2) is 29.7 Å². The SMILES string of the molecule is CCNC1CCCC1c1nccnc1OC. The van der Waals surface area contributed by atoms with E-state index in [1.807, 2.05) is 0 Å². The van der Waals surface area contributed by atoms with Gasteiger partial charge in [0, 0.05) is 24.4 Å². The highest BCUT2D eigenvalue weighted by Crippen LogP contribution is 2.36. The molecule has 1 saturated carbocycles. The Morgan fingerprint density at radius 2 is 2.19 bits per heavy atom. The van der Waals surface area contributed by atoms with Gasteiger partial charge in [-0.25, -0.2) is 4.98 Å². The predicted molar refractivity (Wildman–Crippen MR) is 62.6 cm³/mol. The van der Waals surface area contributed by atoms with Crippen molar-refractivity contribution in [2.75, 3.05) is 13.7 Å². The van der Waals surface area contributed by atoms with Crippen LogP contribution >= 0.6 is 0 Å². The Kier molecular flexibility index (Phi) is 3.72. The Balaban J connectivity index is 2.21. The lowest BCUT2D eigenvalue weighted by Crippen LogP contribution is -2.31. The van der Waals surface area contributed by atoms with Gasteiger partial charge >= 0.3 is 0 Å². The van der Waals surface area contributed by atoms with Crippen LogP contribution in [0, 0.1) is 0 Å². The maximum Gasteiger partial charge on any atom is 0.235 e. The van der Waals surface area contributed by atoms with Gasteiger partial charge in [-0.05, 0) is 19.4 Å². The lowest BCUT2D eigenvalue weighted by Gasteiger charge is -2.20. The van der Waals surface area contributed by atoms with Gasteiger partial charge in [-0.3, -0.25) is 4.98 Å². The van der Waals surface area contributed by atoms with Crippen molar-refractivity contribution in [3.05, 3.63) is 18.1 Å². The van der Waals surface area contributed by atoms with Crippen LogP contribution in [0.1, 0.15) is 37.8 Å². The van der Waals surface area contributed by atoms with E-state index in [4.69, 9.17) is 4.74 Å². The summed E-state index contributed by atoms with van der Waals surface area (Å²) in [6.45, 7) is 3.15. The molecule has 0 saturated heterocycles. The molecule has 0 amide bonds. The van der Waals surface area contributed by atoms with Crippen molar-refractivity contribution in [3.8, 4) is 5.88 Å². The molecule has 1 aliphatic rings. The molecule has 1 aromatic rings. The van der Waals surface area contributed by atoms with E-state index in [0.717, 1.165) is 12.2 Å². The van der Waals surface area contributed by atoms with Crippen LogP contribution in [0.15, 0.2) is 12.4 Å². The number of nitrogens with one attached hydrogen (secondary N) is 1. The molecular weight excluding hydrogens is 202 g/mol. The zero-order valence-electron chi connectivity index (χ0n) is 9.94. The molecule has 2 rings (SSSR count). The lowest BCUT2D eigenvalue weighted by molar-refractivity contribution is 0.376. The van der Waals surface area contributed by atoms with Gasteiger partial charge in [0.15, 0.2) is 0 Å². The normalized spacial score (nSPS) is 24.6. The zero-order valence-corrected chi connectivity index (χ0v) is 9.94. The molecule has 1 fully saturated rings. The highest BCUT2D eigenvalue weighted by molar-refractivity contribution is 5.24. The van der Waals surface area contributed by atoms with E-state index in [1.165, 1.54) is 19.3 Å². The molecule has 88 valence electrons. The first-order chi connectivity index (χ1) is 7.86. The highest BCUT2D eigenvalue weighted by Gasteiger charge is 2.31. The summed E-state index contributed by atoms with van der Waals surface area (Å²) >= 11 is 0. The summed E-state index contributed by atoms with van der Waals surface area (Å²) in [5, 5.41) is 3.52. The fraction of sp³-hybridized carbons (Fsp3) is 0.667. The Bertz CT molecular complexity index is 343. The molecule has 0 aromatic carbocycles. The van der Waals surface area contributed by atoms with Gasteiger partial charge in [-0.2, -0.15) is 0 Å². The summed E-state index contributed by atoms with van der Waals surface area (Å²) in [4.78, 5) is 8.66. The fourth-order valence-electron chi connectivity index (χ4n) is 2.54. The molecule has 16 heavy (non-hydrogen) atoms. The van der Waals surface area contributed by atoms with Gasteiger partial charge in [0.2, 0.25) is 5.88 Å². The number of ether oxygens (including phenoxy) is 1. The first kappa shape index (κ1) is 11.3. The molecule has 1 aromatic heterocycles. The van der Waals surface area contributed by atoms with Crippen LogP contribution in [0.25, 0.3) is 0 Å². The molecule has 2 unspecified atom stereocenters. The molecule has 0 radical (unpaired) electrons. The van der Waals surface area contributed by atoms with Crippen molar-refractivity contribution in [2.45, 2.75) is 38.1 Å². The highest BCUT2D eigenvalue weighted by atomic mass is 16.5. The van der Waals surface area contributed by atoms with Crippen molar-refractivity contribution in [1.82, 2.24) is 15.3 Å². The molecule has 2 atom stereocenters. The van der Waals surface area contributed by atoms with Crippen LogP contribution in [0.5, 0.6) is 5.88 Å². The van der Waals surface area contributed by atoms with Gasteiger partial charge < -0.3 is 10.1 Å². The third kappa shape index (κ3) is 2.16. The van der Waals surface area contributed by atoms with Crippen LogP contribution in [0.4, 0.5) is 0 Å². The second kappa shape index (κ2) is 5.25. The Morgan fingerprint density at radius 3 is 2.94 bits per heavy atom. The van der Waals surface area contributed by atoms with E-state index >= 15 is 0 Å². The van der Waals surface area contributed by atoms with E-state index in [-0.39, 0.29) is 0 Å². The maximum atomic E-state index is 5.28. The Morgan fingerprint density at radius 1 is 1.38 bits per heavy atom. The second-order valence-corrected chi connectivity index (χ2v) is 4.15. The zero-order chi connectivity index (χ0) is 11.4. The van der Waals surface area contributed by atoms with Gasteiger partial charge in [-0.1, -0.05) is 13.3 Å². The maximum absolute atomic E-state index is 5.28. The van der Waals surface area contributed by atoms with E-state index in [1.54, 1.807) is 19.5 Å². The van der Waals surface area contributed by atoms with Crippen LogP contribution in [0.3, 0.4) is 0 Å². The Labute approximate surface area is 96.4 Å². The average molecular weight is 221 g/mol. The molecule has 1 heterocycles. The summed E-state index contributed by atoms with van der Waals surface area (Å²) in [7, 11) is 1.66. The second-order valence-electron chi connectivity index (χ2n) is 4.15. The standard InChI is InChI=1S/C12H19N3O/c1-3-13-10-6-4-5-9(10)11-12(16-2)15-8-7-14-11/h7-10,13H,3-6H2,1-2H3. The molecule has 0 spiro atoms. The van der Waals surface area contributed by atoms with Crippen molar-refractivity contribution in [2.24, 2.45) is 0 Å². The summed E-state index contributed by atoms with van der Waals surface area (Å²) in [6, 6.07) is 0.524. The number of rotatable bonds is 4. The van der Waals surface area contributed by atoms with Crippen molar-refractivity contribution in [3.63, 3.8) is 0 Å². The summed E-state index contributed by atoms with van der Waals surface area (Å²) in [6.07, 6.45) is 7.08. The monoisotopic (exact) mass is 221 g/mol. The third-order valence-corrected chi connectivity index (χ3v) is 3.22. The van der Waals surface area contributed by atoms with E-state index in [9.17, 15) is 0 Å². The molecule has 1 N–H and O–H groups in total. The van der Waals surface area contributed by atoms with Gasteiger partial charge in [0.1, 0.15) is 5.69 Å². The number of aromatic nitrogens is 2. The van der Waals surface area contributed by atoms with Crippen LogP contribution in [0.2, 0.25) is 0 Å². The minimum atomic E-state index is 0.448. The average Bonchev–Trinajstić information content (AvgIpc) is 2.77. The molecule has 0 aliphatic heterocycles. The summed E-state index contributed by atoms with van der Waals surface area (Å²) in [5.41, 5.74) is 1.01. The molecular formula is C12H19N3O. The number of methoxy groups -OCH3 is 1. The molecule has 4 nitrogen and oxygen atoms in total. The molecule has 4 heteroatoms. The number of hydrogen-bond donors (Lipinski definition) is 1. The fourth-order valence-corrected chi connectivity index (χ4v) is 2.54. The number of hydrogen-bond acceptors (Lipinski definition) is 4. The predicted octanol–water partition coefficient (Wildman–Crippen LogP) is 1.73. The summed E-state index contributed by atoms with van der Waals surface area (Å²) < 4.78 is 5.28. The Hall–Kier alpha value is -1.16. The minimum absolute atomic E-state index is 0.448. The van der Waals surface area contributed by atoms with Gasteiger partial charge in [-0.15, -0.1) is 0 Å². The minimum Gasteiger partial charge on any atom is -0.480 e. The van der Waals surface area contributed by atoms with Crippen LogP contribution in [-0.2, 0) is 0 Å². The van der Waals surface area contributed by atoms with Gasteiger partial charge in [0.25, 0.3) is 0 Å². The number of nitrogens with zero attached hydrogens (tertiary/aromatic N) is 2. The van der Waals surface area contributed by atoms with Crippen molar-refractivity contribution >= 4 is 0 Å². The van der Waals surface area contributed by atoms with E-state index < -0.39 is 0 Å². The topological polar surface area (TPSA) is 47.0 Å². The first-order valence-corrected chi connectivity index (χ1v) is 5.95. The van der Waals surface area contributed by atoms with Crippen molar-refractivity contribution in [1.29, 1.82) is 0 Å². The van der Waals surface area contributed by atoms with E-state index in [2.05, 4.69) is 22.2 Å². The number of likely N-dealkylation sites (N-methyl/N-ethyl adjacent to an activating group) is 1. The smallest absolute Gasteiger partial charge is 0.235 e. The van der Waals surface area contributed by atoms with E-state index in [0.29, 0.717) is 17.8 Å².